The molecule has 17 nitrogen and oxygen atoms in total. The van der Waals surface area contributed by atoms with E-state index in [1.807, 2.05) is 0 Å². The second kappa shape index (κ2) is 20.8. The van der Waals surface area contributed by atoms with E-state index in [0.29, 0.717) is 27.9 Å². The highest BCUT2D eigenvalue weighted by Crippen LogP contribution is 2.38. The number of aromatic nitrogens is 2. The van der Waals surface area contributed by atoms with Crippen molar-refractivity contribution in [2.45, 2.75) is 102 Å². The van der Waals surface area contributed by atoms with Crippen LogP contribution in [-0.4, -0.2) is 76.7 Å². The summed E-state index contributed by atoms with van der Waals surface area (Å²) < 4.78 is 33.2. The van der Waals surface area contributed by atoms with Gasteiger partial charge in [0.25, 0.3) is 0 Å². The van der Waals surface area contributed by atoms with E-state index in [0.717, 1.165) is 5.56 Å². The van der Waals surface area contributed by atoms with Crippen LogP contribution < -0.4 is 21.1 Å². The monoisotopic (exact) mass is 889 g/mol. The van der Waals surface area contributed by atoms with Gasteiger partial charge in [-0.1, -0.05) is 35.5 Å². The number of thioether (sulfide) groups is 1. The number of anilines is 1. The van der Waals surface area contributed by atoms with Crippen molar-refractivity contribution in [3.8, 4) is 40.5 Å². The summed E-state index contributed by atoms with van der Waals surface area (Å²) >= 11 is 7.23. The summed E-state index contributed by atoms with van der Waals surface area (Å²) in [5, 5.41) is 26.1. The van der Waals surface area contributed by atoms with E-state index in [1.165, 1.54) is 25.6 Å². The van der Waals surface area contributed by atoms with Gasteiger partial charge >= 0.3 is 24.1 Å². The Morgan fingerprint density at radius 3 is 1.92 bits per heavy atom. The molecule has 0 aliphatic rings. The van der Waals surface area contributed by atoms with E-state index >= 15 is 0 Å². The molecule has 0 fully saturated rings. The molecule has 0 spiro atoms. The Balaban J connectivity index is 1.51. The standard InChI is InChI=1S/C43H48ClN7O10S/c1-23(48-40(54)60-42(4,5)6)38(52)57-21-30(59-39(53)24(2)49-41(55)61-43(7,8)9)20-56-29-16-12-26(13-17-29)34-31(18-45)35(47)51-37(32(34)19-46)62-22-33-25(3)58-36(50-33)27-10-14-28(44)15-11-27/h10-17,23-24,30H,20-22H2,1-9H3,(H2,47,51)(H,48,54)(H,49,55). The Labute approximate surface area is 368 Å². The SMILES string of the molecule is Cc1oc(-c2ccc(Cl)cc2)nc1CSc1nc(N)c(C#N)c(-c2ccc(OCC(COC(=O)C(C)NC(=O)OC(C)(C)C)OC(=O)C(C)NC(=O)OC(C)(C)C)cc2)c1C#N. The maximum Gasteiger partial charge on any atom is 0.408 e. The molecule has 0 aliphatic heterocycles. The number of hydrogen-bond donors (Lipinski definition) is 3. The summed E-state index contributed by atoms with van der Waals surface area (Å²) in [6.07, 6.45) is -2.88. The minimum absolute atomic E-state index is 0.000463. The van der Waals surface area contributed by atoms with Crippen molar-refractivity contribution >= 4 is 53.3 Å². The van der Waals surface area contributed by atoms with Crippen LogP contribution in [0.4, 0.5) is 15.4 Å². The van der Waals surface area contributed by atoms with Gasteiger partial charge in [0, 0.05) is 21.9 Å². The van der Waals surface area contributed by atoms with E-state index in [2.05, 4.69) is 32.7 Å². The molecule has 3 atom stereocenters. The van der Waals surface area contributed by atoms with Crippen LogP contribution in [0.15, 0.2) is 58.0 Å². The van der Waals surface area contributed by atoms with E-state index < -0.39 is 60.1 Å². The predicted molar refractivity (Wildman–Crippen MR) is 229 cm³/mol. The van der Waals surface area contributed by atoms with Crippen LogP contribution in [0.5, 0.6) is 5.75 Å². The van der Waals surface area contributed by atoms with Crippen LogP contribution in [0.25, 0.3) is 22.6 Å². The molecule has 0 aliphatic carbocycles. The van der Waals surface area contributed by atoms with Crippen LogP contribution in [0.1, 0.15) is 78.0 Å². The second-order valence-electron chi connectivity index (χ2n) is 15.7. The number of nitriles is 2. The Morgan fingerprint density at radius 1 is 0.823 bits per heavy atom. The molecule has 0 bridgehead atoms. The molecule has 62 heavy (non-hydrogen) atoms. The quantitative estimate of drug-likeness (QED) is 0.0589. The van der Waals surface area contributed by atoms with Crippen LogP contribution >= 0.6 is 23.4 Å². The van der Waals surface area contributed by atoms with Crippen molar-refractivity contribution in [3.05, 3.63) is 76.1 Å². The summed E-state index contributed by atoms with van der Waals surface area (Å²) in [5.74, 6) is -0.281. The minimum atomic E-state index is -1.20. The fourth-order valence-electron chi connectivity index (χ4n) is 5.28. The lowest BCUT2D eigenvalue weighted by Crippen LogP contribution is -2.45. The highest BCUT2D eigenvalue weighted by molar-refractivity contribution is 7.98. The van der Waals surface area contributed by atoms with Gasteiger partial charge in [-0.05, 0) is 104 Å². The van der Waals surface area contributed by atoms with Crippen LogP contribution in [0.2, 0.25) is 5.02 Å². The van der Waals surface area contributed by atoms with Crippen molar-refractivity contribution in [2.75, 3.05) is 18.9 Å². The second-order valence-corrected chi connectivity index (χ2v) is 17.1. The van der Waals surface area contributed by atoms with Crippen LogP contribution in [0, 0.1) is 29.6 Å². The van der Waals surface area contributed by atoms with E-state index in [9.17, 15) is 29.7 Å². The molecular formula is C43H48ClN7O10S. The first-order chi connectivity index (χ1) is 29.1. The number of ether oxygens (including phenoxy) is 5. The zero-order chi connectivity index (χ0) is 45.9. The molecule has 328 valence electrons. The van der Waals surface area contributed by atoms with Crippen LogP contribution in [0.3, 0.4) is 0 Å². The van der Waals surface area contributed by atoms with E-state index in [1.54, 1.807) is 97.0 Å². The van der Waals surface area contributed by atoms with Crippen molar-refractivity contribution in [2.24, 2.45) is 0 Å². The number of halogens is 1. The Hall–Kier alpha value is -6.50. The number of aryl methyl sites for hydroxylation is 1. The van der Waals surface area contributed by atoms with E-state index in [-0.39, 0.29) is 45.6 Å². The number of nitrogens with one attached hydrogen (secondary N) is 2. The molecule has 2 aromatic carbocycles. The number of carbonyl (C=O) groups is 4. The number of nitrogens with two attached hydrogens (primary N) is 1. The molecule has 0 saturated carbocycles. The number of benzene rings is 2. The first kappa shape index (κ1) is 48.2. The predicted octanol–water partition coefficient (Wildman–Crippen LogP) is 7.64. The lowest BCUT2D eigenvalue weighted by molar-refractivity contribution is -0.162. The average molecular weight is 890 g/mol. The largest absolute Gasteiger partial charge is 0.490 e. The van der Waals surface area contributed by atoms with Crippen molar-refractivity contribution in [1.29, 1.82) is 10.5 Å². The van der Waals surface area contributed by atoms with Gasteiger partial charge in [0.15, 0.2) is 6.10 Å². The summed E-state index contributed by atoms with van der Waals surface area (Å²) in [6, 6.07) is 15.3. The minimum Gasteiger partial charge on any atom is -0.490 e. The highest BCUT2D eigenvalue weighted by atomic mass is 35.5. The Morgan fingerprint density at radius 2 is 1.37 bits per heavy atom. The third kappa shape index (κ3) is 14.0. The maximum absolute atomic E-state index is 13.1. The molecular weight excluding hydrogens is 842 g/mol. The van der Waals surface area contributed by atoms with Gasteiger partial charge in [-0.2, -0.15) is 10.5 Å². The Kier molecular flexibility index (Phi) is 16.2. The summed E-state index contributed by atoms with van der Waals surface area (Å²) in [7, 11) is 0. The van der Waals surface area contributed by atoms with Gasteiger partial charge in [0.05, 0.1) is 11.3 Å². The molecule has 4 aromatic rings. The van der Waals surface area contributed by atoms with Gasteiger partial charge < -0.3 is 44.5 Å². The number of nitrogen functional groups attached to an aromatic ring is 1. The molecule has 0 radical (unpaired) electrons. The zero-order valence-electron chi connectivity index (χ0n) is 35.7. The average Bonchev–Trinajstić information content (AvgIpc) is 3.56. The fraction of sp³-hybridized carbons (Fsp3) is 0.395. The van der Waals surface area contributed by atoms with Crippen molar-refractivity contribution in [3.63, 3.8) is 0 Å². The lowest BCUT2D eigenvalue weighted by atomic mass is 9.97. The Bertz CT molecular complexity index is 2340. The molecule has 2 amide bonds. The fourth-order valence-corrected chi connectivity index (χ4v) is 6.40. The number of rotatable bonds is 15. The number of pyridine rings is 1. The van der Waals surface area contributed by atoms with Crippen molar-refractivity contribution in [1.82, 2.24) is 20.6 Å². The third-order valence-electron chi connectivity index (χ3n) is 8.19. The summed E-state index contributed by atoms with van der Waals surface area (Å²) in [6.45, 7) is 13.7. The molecule has 3 unspecified atom stereocenters. The van der Waals surface area contributed by atoms with Gasteiger partial charge in [0.2, 0.25) is 5.89 Å². The molecule has 0 saturated heterocycles. The number of amides is 2. The number of oxazole rings is 1. The molecule has 2 aromatic heterocycles. The normalized spacial score (nSPS) is 12.7. The van der Waals surface area contributed by atoms with Gasteiger partial charge in [0.1, 0.15) is 76.6 Å². The number of nitrogens with zero attached hydrogens (tertiary/aromatic N) is 4. The lowest BCUT2D eigenvalue weighted by Gasteiger charge is -2.24. The molecule has 19 heteroatoms. The van der Waals surface area contributed by atoms with Gasteiger partial charge in [-0.25, -0.2) is 29.1 Å². The highest BCUT2D eigenvalue weighted by Gasteiger charge is 2.28. The number of alkyl carbamates (subject to hydrolysis) is 2. The maximum atomic E-state index is 13.1. The van der Waals surface area contributed by atoms with Gasteiger partial charge in [-0.3, -0.25) is 0 Å². The smallest absolute Gasteiger partial charge is 0.408 e. The van der Waals surface area contributed by atoms with Gasteiger partial charge in [-0.15, -0.1) is 0 Å². The van der Waals surface area contributed by atoms with E-state index in [4.69, 9.17) is 45.4 Å². The van der Waals surface area contributed by atoms with Crippen molar-refractivity contribution < 1.29 is 47.3 Å². The zero-order valence-corrected chi connectivity index (χ0v) is 37.3. The first-order valence-electron chi connectivity index (χ1n) is 19.2. The summed E-state index contributed by atoms with van der Waals surface area (Å²) in [4.78, 5) is 59.4. The first-order valence-corrected chi connectivity index (χ1v) is 20.5. The number of carbonyl (C=O) groups excluding carboxylic acids is 4. The van der Waals surface area contributed by atoms with Crippen LogP contribution in [-0.2, 0) is 34.3 Å². The third-order valence-corrected chi connectivity index (χ3v) is 9.43. The number of esters is 2. The molecule has 4 N–H and O–H groups in total. The number of hydrogen-bond acceptors (Lipinski definition) is 16. The molecule has 4 rings (SSSR count). The molecule has 2 heterocycles. The topological polar surface area (TPSA) is 251 Å². The summed E-state index contributed by atoms with van der Waals surface area (Å²) in [5.41, 5.74) is 6.83.